The lowest BCUT2D eigenvalue weighted by atomic mass is 10.0. The Kier molecular flexibility index (Phi) is 6.27. The van der Waals surface area contributed by atoms with Gasteiger partial charge in [0, 0.05) is 44.8 Å². The van der Waals surface area contributed by atoms with Crippen LogP contribution in [0.3, 0.4) is 0 Å². The standard InChI is InChI=1S/C20H26F3N3O2/c1-15-3-2-8-26(13-15)18(27)14-24-9-11-25(12-10-24)19(28)16-4-6-17(7-5-16)20(21,22)23/h4-7,15H,2-3,8-14H2,1H3. The first-order valence-electron chi connectivity index (χ1n) is 9.70. The van der Waals surface area contributed by atoms with Gasteiger partial charge in [-0.05, 0) is 43.0 Å². The van der Waals surface area contributed by atoms with E-state index in [0.717, 1.165) is 38.1 Å². The lowest BCUT2D eigenvalue weighted by Crippen LogP contribution is -2.52. The highest BCUT2D eigenvalue weighted by molar-refractivity contribution is 5.94. The molecule has 2 fully saturated rings. The zero-order valence-electron chi connectivity index (χ0n) is 16.0. The van der Waals surface area contributed by atoms with E-state index < -0.39 is 11.7 Å². The normalized spacial score (nSPS) is 21.6. The van der Waals surface area contributed by atoms with E-state index in [2.05, 4.69) is 6.92 Å². The Bertz CT molecular complexity index is 698. The van der Waals surface area contributed by atoms with Gasteiger partial charge in [0.15, 0.2) is 0 Å². The number of likely N-dealkylation sites (tertiary alicyclic amines) is 1. The first-order chi connectivity index (χ1) is 13.2. The molecule has 28 heavy (non-hydrogen) atoms. The third-order valence-electron chi connectivity index (χ3n) is 5.49. The van der Waals surface area contributed by atoms with Gasteiger partial charge in [0.2, 0.25) is 5.91 Å². The number of carbonyl (C=O) groups excluding carboxylic acids is 2. The first kappa shape index (κ1) is 20.6. The molecular formula is C20H26F3N3O2. The third-order valence-corrected chi connectivity index (χ3v) is 5.49. The minimum atomic E-state index is -4.41. The summed E-state index contributed by atoms with van der Waals surface area (Å²) in [5.41, 5.74) is -0.515. The van der Waals surface area contributed by atoms with Crippen molar-refractivity contribution < 1.29 is 22.8 Å². The fraction of sp³-hybridized carbons (Fsp3) is 0.600. The molecule has 8 heteroatoms. The summed E-state index contributed by atoms with van der Waals surface area (Å²) in [6.45, 7) is 6.23. The minimum Gasteiger partial charge on any atom is -0.341 e. The number of piperazine rings is 1. The molecule has 1 aromatic rings. The van der Waals surface area contributed by atoms with Gasteiger partial charge in [0.05, 0.1) is 12.1 Å². The number of amides is 2. The molecule has 2 heterocycles. The lowest BCUT2D eigenvalue weighted by molar-refractivity contribution is -0.137. The van der Waals surface area contributed by atoms with Gasteiger partial charge in [-0.3, -0.25) is 14.5 Å². The van der Waals surface area contributed by atoms with E-state index in [1.165, 1.54) is 12.1 Å². The van der Waals surface area contributed by atoms with Crippen molar-refractivity contribution in [3.63, 3.8) is 0 Å². The van der Waals surface area contributed by atoms with Gasteiger partial charge in [0.1, 0.15) is 0 Å². The summed E-state index contributed by atoms with van der Waals surface area (Å²) in [7, 11) is 0. The molecule has 3 rings (SSSR count). The Morgan fingerprint density at radius 1 is 1.00 bits per heavy atom. The average molecular weight is 397 g/mol. The quantitative estimate of drug-likeness (QED) is 0.788. The number of nitrogens with zero attached hydrogens (tertiary/aromatic N) is 3. The van der Waals surface area contributed by atoms with Crippen LogP contribution in [0.5, 0.6) is 0 Å². The maximum atomic E-state index is 12.6. The largest absolute Gasteiger partial charge is 0.416 e. The number of benzene rings is 1. The van der Waals surface area contributed by atoms with Crippen LogP contribution in [0.2, 0.25) is 0 Å². The van der Waals surface area contributed by atoms with E-state index in [-0.39, 0.29) is 17.4 Å². The van der Waals surface area contributed by atoms with Gasteiger partial charge in [-0.15, -0.1) is 0 Å². The van der Waals surface area contributed by atoms with E-state index in [9.17, 15) is 22.8 Å². The van der Waals surface area contributed by atoms with Crippen molar-refractivity contribution in [2.24, 2.45) is 5.92 Å². The second-order valence-electron chi connectivity index (χ2n) is 7.73. The van der Waals surface area contributed by atoms with Crippen LogP contribution in [0.4, 0.5) is 13.2 Å². The molecule has 2 aliphatic heterocycles. The Morgan fingerprint density at radius 2 is 1.64 bits per heavy atom. The molecule has 0 aromatic heterocycles. The summed E-state index contributed by atoms with van der Waals surface area (Å²) < 4.78 is 37.9. The minimum absolute atomic E-state index is 0.133. The molecule has 2 saturated heterocycles. The van der Waals surface area contributed by atoms with Crippen LogP contribution < -0.4 is 0 Å². The van der Waals surface area contributed by atoms with Crippen LogP contribution in [0, 0.1) is 5.92 Å². The first-order valence-corrected chi connectivity index (χ1v) is 9.70. The molecule has 0 N–H and O–H groups in total. The second-order valence-corrected chi connectivity index (χ2v) is 7.73. The van der Waals surface area contributed by atoms with E-state index >= 15 is 0 Å². The molecule has 0 radical (unpaired) electrons. The number of halogens is 3. The van der Waals surface area contributed by atoms with Crippen molar-refractivity contribution in [3.05, 3.63) is 35.4 Å². The summed E-state index contributed by atoms with van der Waals surface area (Å²) >= 11 is 0. The van der Waals surface area contributed by atoms with Gasteiger partial charge in [-0.1, -0.05) is 6.92 Å². The van der Waals surface area contributed by atoms with Crippen LogP contribution in [0.1, 0.15) is 35.7 Å². The summed E-state index contributed by atoms with van der Waals surface area (Å²) in [5.74, 6) is 0.398. The van der Waals surface area contributed by atoms with Crippen molar-refractivity contribution in [2.45, 2.75) is 25.9 Å². The van der Waals surface area contributed by atoms with Crippen molar-refractivity contribution >= 4 is 11.8 Å². The molecule has 5 nitrogen and oxygen atoms in total. The molecule has 0 spiro atoms. The van der Waals surface area contributed by atoms with Crippen molar-refractivity contribution in [2.75, 3.05) is 45.8 Å². The van der Waals surface area contributed by atoms with Gasteiger partial charge in [-0.25, -0.2) is 0 Å². The highest BCUT2D eigenvalue weighted by Crippen LogP contribution is 2.29. The van der Waals surface area contributed by atoms with E-state index in [1.807, 2.05) is 9.80 Å². The predicted molar refractivity (Wildman–Crippen MR) is 98.8 cm³/mol. The smallest absolute Gasteiger partial charge is 0.341 e. The fourth-order valence-corrected chi connectivity index (χ4v) is 3.80. The van der Waals surface area contributed by atoms with Crippen molar-refractivity contribution in [3.8, 4) is 0 Å². The van der Waals surface area contributed by atoms with Gasteiger partial charge in [0.25, 0.3) is 5.91 Å². The number of piperidine rings is 1. The van der Waals surface area contributed by atoms with Crippen LogP contribution in [0.25, 0.3) is 0 Å². The van der Waals surface area contributed by atoms with Crippen LogP contribution in [-0.4, -0.2) is 72.3 Å². The average Bonchev–Trinajstić information content (AvgIpc) is 2.67. The number of carbonyl (C=O) groups is 2. The molecular weight excluding hydrogens is 371 g/mol. The number of rotatable bonds is 3. The second kappa shape index (κ2) is 8.51. The molecule has 0 aliphatic carbocycles. The Labute approximate surface area is 163 Å². The molecule has 0 bridgehead atoms. The lowest BCUT2D eigenvalue weighted by Gasteiger charge is -2.37. The highest BCUT2D eigenvalue weighted by Gasteiger charge is 2.31. The zero-order valence-corrected chi connectivity index (χ0v) is 16.0. The number of hydrogen-bond acceptors (Lipinski definition) is 3. The predicted octanol–water partition coefficient (Wildman–Crippen LogP) is 2.72. The molecule has 154 valence electrons. The molecule has 2 amide bonds. The van der Waals surface area contributed by atoms with Crippen molar-refractivity contribution in [1.29, 1.82) is 0 Å². The van der Waals surface area contributed by atoms with Crippen LogP contribution in [0.15, 0.2) is 24.3 Å². The number of hydrogen-bond donors (Lipinski definition) is 0. The Hall–Kier alpha value is -2.09. The van der Waals surface area contributed by atoms with Crippen LogP contribution in [-0.2, 0) is 11.0 Å². The van der Waals surface area contributed by atoms with E-state index in [1.54, 1.807) is 4.90 Å². The highest BCUT2D eigenvalue weighted by atomic mass is 19.4. The summed E-state index contributed by atoms with van der Waals surface area (Å²) in [6, 6.07) is 4.31. The topological polar surface area (TPSA) is 43.9 Å². The van der Waals surface area contributed by atoms with Crippen LogP contribution >= 0.6 is 0 Å². The van der Waals surface area contributed by atoms with Gasteiger partial charge < -0.3 is 9.80 Å². The van der Waals surface area contributed by atoms with Gasteiger partial charge in [-0.2, -0.15) is 13.2 Å². The maximum Gasteiger partial charge on any atom is 0.416 e. The molecule has 1 atom stereocenters. The molecule has 0 saturated carbocycles. The summed E-state index contributed by atoms with van der Waals surface area (Å²) in [5, 5.41) is 0. The molecule has 1 aromatic carbocycles. The number of alkyl halides is 3. The van der Waals surface area contributed by atoms with Gasteiger partial charge >= 0.3 is 6.18 Å². The monoisotopic (exact) mass is 397 g/mol. The van der Waals surface area contributed by atoms with E-state index in [4.69, 9.17) is 0 Å². The maximum absolute atomic E-state index is 12.6. The third kappa shape index (κ3) is 5.04. The fourth-order valence-electron chi connectivity index (χ4n) is 3.80. The summed E-state index contributed by atoms with van der Waals surface area (Å²) in [6.07, 6.45) is -2.21. The molecule has 1 unspecified atom stereocenters. The summed E-state index contributed by atoms with van der Waals surface area (Å²) in [4.78, 5) is 30.6. The Morgan fingerprint density at radius 3 is 2.21 bits per heavy atom. The molecule has 2 aliphatic rings. The zero-order chi connectivity index (χ0) is 20.3. The SMILES string of the molecule is CC1CCCN(C(=O)CN2CCN(C(=O)c3ccc(C(F)(F)F)cc3)CC2)C1. The van der Waals surface area contributed by atoms with Crippen molar-refractivity contribution in [1.82, 2.24) is 14.7 Å². The Balaban J connectivity index is 1.49. The van der Waals surface area contributed by atoms with E-state index in [0.29, 0.717) is 38.6 Å².